The van der Waals surface area contributed by atoms with Crippen LogP contribution in [0.4, 0.5) is 5.69 Å². The Morgan fingerprint density at radius 2 is 2.31 bits per heavy atom. The summed E-state index contributed by atoms with van der Waals surface area (Å²) in [6.45, 7) is 1.66. The van der Waals surface area contributed by atoms with Crippen LogP contribution in [0.5, 0.6) is 0 Å². The molecule has 0 aromatic carbocycles. The normalized spacial score (nSPS) is 10.4. The van der Waals surface area contributed by atoms with Crippen LogP contribution in [0, 0.1) is 6.92 Å². The molecule has 0 saturated heterocycles. The summed E-state index contributed by atoms with van der Waals surface area (Å²) in [7, 11) is 1.30. The molecule has 0 spiro atoms. The van der Waals surface area contributed by atoms with Crippen molar-refractivity contribution < 1.29 is 18.5 Å². The molecule has 0 unspecified atom stereocenters. The first-order chi connectivity index (χ1) is 7.63. The van der Waals surface area contributed by atoms with Gasteiger partial charge in [0.15, 0.2) is 5.76 Å². The Kier molecular flexibility index (Phi) is 2.40. The van der Waals surface area contributed by atoms with E-state index in [1.54, 1.807) is 6.92 Å². The van der Waals surface area contributed by atoms with E-state index in [0.29, 0.717) is 28.5 Å². The van der Waals surface area contributed by atoms with Crippen LogP contribution in [0.1, 0.15) is 16.1 Å². The lowest BCUT2D eigenvalue weighted by Crippen LogP contribution is -2.00. The number of ether oxygens (including phenoxy) is 1. The summed E-state index contributed by atoms with van der Waals surface area (Å²) in [6, 6.07) is 1.51. The Morgan fingerprint density at radius 1 is 1.56 bits per heavy atom. The second-order valence-electron chi connectivity index (χ2n) is 3.18. The van der Waals surface area contributed by atoms with Gasteiger partial charge in [-0.05, 0) is 6.92 Å². The van der Waals surface area contributed by atoms with Crippen molar-refractivity contribution in [2.75, 3.05) is 12.8 Å². The zero-order valence-electron chi connectivity index (χ0n) is 8.81. The molecule has 0 amide bonds. The Labute approximate surface area is 91.0 Å². The zero-order valence-corrected chi connectivity index (χ0v) is 8.81. The third-order valence-corrected chi connectivity index (χ3v) is 2.14. The van der Waals surface area contributed by atoms with E-state index in [4.69, 9.17) is 14.7 Å². The average molecular weight is 222 g/mol. The quantitative estimate of drug-likeness (QED) is 0.776. The number of methoxy groups -OCH3 is 1. The van der Waals surface area contributed by atoms with Crippen molar-refractivity contribution in [2.45, 2.75) is 6.92 Å². The number of aromatic nitrogens is 1. The van der Waals surface area contributed by atoms with Crippen molar-refractivity contribution >= 4 is 11.7 Å². The molecule has 0 aliphatic heterocycles. The number of carbonyl (C=O) groups excluding carboxylic acids is 1. The van der Waals surface area contributed by atoms with Gasteiger partial charge in [-0.2, -0.15) is 0 Å². The minimum atomic E-state index is -0.467. The standard InChI is InChI=1S/C10H10N2O4/c1-5-6(10(13)14-2)3-8(15-5)9-7(11)4-12-16-9/h3-4H,11H2,1-2H3. The topological polar surface area (TPSA) is 91.5 Å². The maximum Gasteiger partial charge on any atom is 0.341 e. The van der Waals surface area contributed by atoms with E-state index in [0.717, 1.165) is 0 Å². The fourth-order valence-electron chi connectivity index (χ4n) is 1.34. The highest BCUT2D eigenvalue weighted by Gasteiger charge is 2.19. The van der Waals surface area contributed by atoms with Crippen molar-refractivity contribution in [1.82, 2.24) is 5.16 Å². The number of furan rings is 1. The van der Waals surface area contributed by atoms with Crippen LogP contribution in [-0.4, -0.2) is 18.2 Å². The van der Waals surface area contributed by atoms with Gasteiger partial charge < -0.3 is 19.4 Å². The van der Waals surface area contributed by atoms with E-state index in [9.17, 15) is 4.79 Å². The number of hydrogen-bond acceptors (Lipinski definition) is 6. The summed E-state index contributed by atoms with van der Waals surface area (Å²) in [4.78, 5) is 11.3. The molecule has 2 heterocycles. The maximum atomic E-state index is 11.3. The van der Waals surface area contributed by atoms with Crippen molar-refractivity contribution in [3.63, 3.8) is 0 Å². The number of nitrogens with two attached hydrogens (primary N) is 1. The lowest BCUT2D eigenvalue weighted by Gasteiger charge is -1.93. The first kappa shape index (κ1) is 10.3. The van der Waals surface area contributed by atoms with Crippen LogP contribution in [0.15, 0.2) is 21.2 Å². The van der Waals surface area contributed by atoms with Gasteiger partial charge in [0.25, 0.3) is 0 Å². The van der Waals surface area contributed by atoms with E-state index in [1.807, 2.05) is 0 Å². The van der Waals surface area contributed by atoms with Crippen LogP contribution in [0.3, 0.4) is 0 Å². The minimum absolute atomic E-state index is 0.304. The van der Waals surface area contributed by atoms with E-state index >= 15 is 0 Å². The van der Waals surface area contributed by atoms with Crippen molar-refractivity contribution in [2.24, 2.45) is 0 Å². The van der Waals surface area contributed by atoms with E-state index in [-0.39, 0.29) is 0 Å². The summed E-state index contributed by atoms with van der Waals surface area (Å²) < 4.78 is 14.9. The van der Waals surface area contributed by atoms with Crippen LogP contribution in [0.2, 0.25) is 0 Å². The highest BCUT2D eigenvalue weighted by atomic mass is 16.5. The Balaban J connectivity index is 2.46. The number of nitrogen functional groups attached to an aromatic ring is 1. The van der Waals surface area contributed by atoms with Crippen LogP contribution >= 0.6 is 0 Å². The third kappa shape index (κ3) is 1.54. The largest absolute Gasteiger partial charge is 0.465 e. The van der Waals surface area contributed by atoms with Crippen molar-refractivity contribution in [3.8, 4) is 11.5 Å². The average Bonchev–Trinajstić information content (AvgIpc) is 2.83. The number of rotatable bonds is 2. The van der Waals surface area contributed by atoms with Gasteiger partial charge in [-0.3, -0.25) is 0 Å². The molecule has 0 radical (unpaired) electrons. The molecule has 0 bridgehead atoms. The lowest BCUT2D eigenvalue weighted by molar-refractivity contribution is 0.0599. The summed E-state index contributed by atoms with van der Waals surface area (Å²) in [6.07, 6.45) is 1.37. The molecule has 6 heteroatoms. The highest BCUT2D eigenvalue weighted by Crippen LogP contribution is 2.29. The molecule has 0 saturated carbocycles. The molecule has 2 rings (SSSR count). The van der Waals surface area contributed by atoms with Crippen LogP contribution < -0.4 is 5.73 Å². The molecule has 0 fully saturated rings. The molecule has 0 aliphatic carbocycles. The SMILES string of the molecule is COC(=O)c1cc(-c2oncc2N)oc1C. The van der Waals surface area contributed by atoms with Crippen LogP contribution in [-0.2, 0) is 4.74 Å². The molecule has 0 aliphatic rings. The third-order valence-electron chi connectivity index (χ3n) is 2.14. The lowest BCUT2D eigenvalue weighted by atomic mass is 10.2. The second kappa shape index (κ2) is 3.73. The minimum Gasteiger partial charge on any atom is -0.465 e. The van der Waals surface area contributed by atoms with E-state index < -0.39 is 5.97 Å². The summed E-state index contributed by atoms with van der Waals surface area (Å²) >= 11 is 0. The molecule has 0 atom stereocenters. The van der Waals surface area contributed by atoms with Gasteiger partial charge >= 0.3 is 5.97 Å². The number of anilines is 1. The number of nitrogens with zero attached hydrogens (tertiary/aromatic N) is 1. The Hall–Kier alpha value is -2.24. The van der Waals surface area contributed by atoms with Gasteiger partial charge in [-0.15, -0.1) is 0 Å². The van der Waals surface area contributed by atoms with E-state index in [2.05, 4.69) is 9.89 Å². The highest BCUT2D eigenvalue weighted by molar-refractivity contribution is 5.91. The second-order valence-corrected chi connectivity index (χ2v) is 3.18. The van der Waals surface area contributed by atoms with Gasteiger partial charge in [-0.25, -0.2) is 4.79 Å². The Morgan fingerprint density at radius 3 is 2.88 bits per heavy atom. The molecule has 2 aromatic heterocycles. The molecular formula is C10H10N2O4. The molecular weight excluding hydrogens is 212 g/mol. The fraction of sp³-hybridized carbons (Fsp3) is 0.200. The molecule has 2 N–H and O–H groups in total. The first-order valence-corrected chi connectivity index (χ1v) is 4.52. The first-order valence-electron chi connectivity index (χ1n) is 4.52. The number of hydrogen-bond donors (Lipinski definition) is 1. The summed E-state index contributed by atoms with van der Waals surface area (Å²) in [5, 5.41) is 3.53. The molecule has 84 valence electrons. The number of aryl methyl sites for hydroxylation is 1. The van der Waals surface area contributed by atoms with Gasteiger partial charge in [-0.1, -0.05) is 5.16 Å². The number of carbonyl (C=O) groups is 1. The smallest absolute Gasteiger partial charge is 0.341 e. The maximum absolute atomic E-state index is 11.3. The summed E-state index contributed by atoms with van der Waals surface area (Å²) in [5.41, 5.74) is 6.30. The van der Waals surface area contributed by atoms with E-state index in [1.165, 1.54) is 19.4 Å². The van der Waals surface area contributed by atoms with Gasteiger partial charge in [0.2, 0.25) is 5.76 Å². The van der Waals surface area contributed by atoms with Gasteiger partial charge in [0.05, 0.1) is 13.3 Å². The predicted molar refractivity (Wildman–Crippen MR) is 54.7 cm³/mol. The fourth-order valence-corrected chi connectivity index (χ4v) is 1.34. The van der Waals surface area contributed by atoms with Crippen molar-refractivity contribution in [1.29, 1.82) is 0 Å². The summed E-state index contributed by atoms with van der Waals surface area (Å²) in [5.74, 6) is 0.634. The zero-order chi connectivity index (χ0) is 11.7. The molecule has 6 nitrogen and oxygen atoms in total. The monoisotopic (exact) mass is 222 g/mol. The van der Waals surface area contributed by atoms with Crippen molar-refractivity contribution in [3.05, 3.63) is 23.6 Å². The molecule has 16 heavy (non-hydrogen) atoms. The van der Waals surface area contributed by atoms with Gasteiger partial charge in [0.1, 0.15) is 17.0 Å². The molecule has 2 aromatic rings. The van der Waals surface area contributed by atoms with Crippen LogP contribution in [0.25, 0.3) is 11.5 Å². The van der Waals surface area contributed by atoms with Gasteiger partial charge in [0, 0.05) is 6.07 Å². The predicted octanol–water partition coefficient (Wildman–Crippen LogP) is 1.61. The number of esters is 1. The Bertz CT molecular complexity index is 527.